The average molecular weight is 498 g/mol. The summed E-state index contributed by atoms with van der Waals surface area (Å²) in [6.07, 6.45) is 1.59. The van der Waals surface area contributed by atoms with Crippen molar-refractivity contribution in [3.8, 4) is 11.5 Å². The zero-order valence-corrected chi connectivity index (χ0v) is 20.0. The fourth-order valence-corrected chi connectivity index (χ4v) is 3.93. The summed E-state index contributed by atoms with van der Waals surface area (Å²) in [5, 5.41) is 2.32. The van der Waals surface area contributed by atoms with E-state index in [1.54, 1.807) is 54.6 Å². The molecule has 36 heavy (non-hydrogen) atoms. The number of carbonyl (C=O) groups is 2. The predicted octanol–water partition coefficient (Wildman–Crippen LogP) is 6.46. The minimum absolute atomic E-state index is 0.142. The smallest absolute Gasteiger partial charge is 0.363 e. The van der Waals surface area contributed by atoms with Gasteiger partial charge in [0, 0.05) is 10.6 Å². The van der Waals surface area contributed by atoms with Crippen molar-refractivity contribution in [1.82, 2.24) is 0 Å². The Kier molecular flexibility index (Phi) is 6.52. The Balaban J connectivity index is 1.42. The normalized spacial score (nSPS) is 14.0. The van der Waals surface area contributed by atoms with Crippen LogP contribution in [-0.4, -0.2) is 24.4 Å². The van der Waals surface area contributed by atoms with E-state index in [2.05, 4.69) is 4.99 Å². The predicted molar refractivity (Wildman–Crippen MR) is 139 cm³/mol. The van der Waals surface area contributed by atoms with Crippen LogP contribution in [0.3, 0.4) is 0 Å². The van der Waals surface area contributed by atoms with Crippen LogP contribution in [0.5, 0.6) is 11.5 Å². The van der Waals surface area contributed by atoms with Crippen LogP contribution in [0.1, 0.15) is 28.4 Å². The lowest BCUT2D eigenvalue weighted by molar-refractivity contribution is -0.129. The number of carbonyl (C=O) groups excluding carboxylic acids is 2. The van der Waals surface area contributed by atoms with Gasteiger partial charge in [-0.25, -0.2) is 14.6 Å². The summed E-state index contributed by atoms with van der Waals surface area (Å²) >= 11 is 5.93. The van der Waals surface area contributed by atoms with Crippen molar-refractivity contribution in [3.63, 3.8) is 0 Å². The van der Waals surface area contributed by atoms with Gasteiger partial charge in [0.15, 0.2) is 17.2 Å². The largest absolute Gasteiger partial charge is 0.490 e. The molecule has 178 valence electrons. The third-order valence-electron chi connectivity index (χ3n) is 5.49. The highest BCUT2D eigenvalue weighted by molar-refractivity contribution is 6.30. The third kappa shape index (κ3) is 4.85. The number of esters is 2. The molecule has 1 heterocycles. The van der Waals surface area contributed by atoms with Crippen molar-refractivity contribution in [1.29, 1.82) is 0 Å². The van der Waals surface area contributed by atoms with Gasteiger partial charge >= 0.3 is 11.9 Å². The molecule has 0 bridgehead atoms. The van der Waals surface area contributed by atoms with E-state index >= 15 is 0 Å². The topological polar surface area (TPSA) is 74.2 Å². The second-order valence-electron chi connectivity index (χ2n) is 7.90. The molecule has 0 N–H and O–H groups in total. The number of fused-ring (bicyclic) bond motifs is 1. The van der Waals surface area contributed by atoms with Crippen LogP contribution in [0, 0.1) is 0 Å². The quantitative estimate of drug-likeness (QED) is 0.174. The fourth-order valence-electron chi connectivity index (χ4n) is 3.81. The van der Waals surface area contributed by atoms with E-state index in [1.807, 2.05) is 43.3 Å². The van der Waals surface area contributed by atoms with Crippen molar-refractivity contribution in [2.45, 2.75) is 6.92 Å². The van der Waals surface area contributed by atoms with Crippen molar-refractivity contribution in [2.24, 2.45) is 4.99 Å². The van der Waals surface area contributed by atoms with Crippen LogP contribution < -0.4 is 9.47 Å². The van der Waals surface area contributed by atoms with Crippen molar-refractivity contribution in [2.75, 3.05) is 6.61 Å². The molecule has 0 saturated heterocycles. The molecule has 0 saturated carbocycles. The number of ether oxygens (including phenoxy) is 3. The highest BCUT2D eigenvalue weighted by atomic mass is 35.5. The van der Waals surface area contributed by atoms with Crippen molar-refractivity contribution in [3.05, 3.63) is 112 Å². The number of nitrogens with zero attached hydrogens (tertiary/aromatic N) is 1. The summed E-state index contributed by atoms with van der Waals surface area (Å²) in [5.74, 6) is -0.210. The Labute approximate surface area is 212 Å². The van der Waals surface area contributed by atoms with Crippen LogP contribution in [0.25, 0.3) is 16.8 Å². The zero-order chi connectivity index (χ0) is 25.1. The molecule has 0 radical (unpaired) electrons. The van der Waals surface area contributed by atoms with E-state index in [-0.39, 0.29) is 17.3 Å². The van der Waals surface area contributed by atoms with Gasteiger partial charge in [-0.3, -0.25) is 0 Å². The first-order valence-corrected chi connectivity index (χ1v) is 11.6. The van der Waals surface area contributed by atoms with E-state index in [4.69, 9.17) is 25.8 Å². The molecule has 4 aromatic rings. The van der Waals surface area contributed by atoms with E-state index in [1.165, 1.54) is 0 Å². The van der Waals surface area contributed by atoms with Crippen LogP contribution in [0.2, 0.25) is 5.02 Å². The molecule has 1 aliphatic heterocycles. The summed E-state index contributed by atoms with van der Waals surface area (Å²) in [6.45, 7) is 2.19. The maximum atomic E-state index is 13.0. The summed E-state index contributed by atoms with van der Waals surface area (Å²) < 4.78 is 16.7. The molecule has 0 fully saturated rings. The molecule has 1 aliphatic rings. The molecule has 0 atom stereocenters. The van der Waals surface area contributed by atoms with Crippen molar-refractivity contribution >= 4 is 46.3 Å². The SMILES string of the molecule is CCOc1cc(C=C2N=C(c3ccc(Cl)cc3)OC2=O)ccc1OC(=O)c1cccc2ccccc12. The Morgan fingerprint density at radius 3 is 2.56 bits per heavy atom. The first-order valence-electron chi connectivity index (χ1n) is 11.3. The van der Waals surface area contributed by atoms with Gasteiger partial charge in [0.1, 0.15) is 0 Å². The molecule has 7 heteroatoms. The minimum atomic E-state index is -0.565. The molecule has 0 aliphatic carbocycles. The molecule has 0 unspecified atom stereocenters. The van der Waals surface area contributed by atoms with E-state index < -0.39 is 11.9 Å². The molecule has 0 amide bonds. The van der Waals surface area contributed by atoms with Gasteiger partial charge in [-0.1, -0.05) is 54.1 Å². The standard InChI is InChI=1S/C29H20ClNO5/c1-2-34-26-17-18(16-24-29(33)36-27(31-24)20-11-13-21(30)14-12-20)10-15-25(26)35-28(32)23-9-5-7-19-6-3-4-8-22(19)23/h3-17H,2H2,1H3. The number of aliphatic imine (C=N–C) groups is 1. The lowest BCUT2D eigenvalue weighted by Crippen LogP contribution is -2.10. The van der Waals surface area contributed by atoms with E-state index in [0.29, 0.717) is 34.1 Å². The average Bonchev–Trinajstić information content (AvgIpc) is 3.25. The Morgan fingerprint density at radius 2 is 1.75 bits per heavy atom. The van der Waals surface area contributed by atoms with Crippen LogP contribution >= 0.6 is 11.6 Å². The Morgan fingerprint density at radius 1 is 0.972 bits per heavy atom. The second-order valence-corrected chi connectivity index (χ2v) is 8.33. The van der Waals surface area contributed by atoms with Crippen LogP contribution in [0.4, 0.5) is 0 Å². The second kappa shape index (κ2) is 10.1. The molecule has 0 spiro atoms. The van der Waals surface area contributed by atoms with Gasteiger partial charge in [-0.15, -0.1) is 0 Å². The highest BCUT2D eigenvalue weighted by Crippen LogP contribution is 2.32. The van der Waals surface area contributed by atoms with Crippen LogP contribution in [-0.2, 0) is 9.53 Å². The maximum absolute atomic E-state index is 13.0. The van der Waals surface area contributed by atoms with E-state index in [0.717, 1.165) is 10.8 Å². The lowest BCUT2D eigenvalue weighted by atomic mass is 10.0. The van der Waals surface area contributed by atoms with Gasteiger partial charge in [-0.05, 0) is 71.8 Å². The first kappa shape index (κ1) is 23.3. The number of rotatable bonds is 6. The zero-order valence-electron chi connectivity index (χ0n) is 19.2. The summed E-state index contributed by atoms with van der Waals surface area (Å²) in [7, 11) is 0. The maximum Gasteiger partial charge on any atom is 0.363 e. The monoisotopic (exact) mass is 497 g/mol. The Hall–Kier alpha value is -4.42. The van der Waals surface area contributed by atoms with Gasteiger partial charge < -0.3 is 14.2 Å². The molecule has 0 aromatic heterocycles. The summed E-state index contributed by atoms with van der Waals surface area (Å²) in [6, 6.07) is 25.0. The van der Waals surface area contributed by atoms with Gasteiger partial charge in [0.2, 0.25) is 5.90 Å². The molecule has 6 nitrogen and oxygen atoms in total. The first-order chi connectivity index (χ1) is 17.5. The molecule has 5 rings (SSSR count). The molecular weight excluding hydrogens is 478 g/mol. The fraction of sp³-hybridized carbons (Fsp3) is 0.0690. The van der Waals surface area contributed by atoms with Crippen molar-refractivity contribution < 1.29 is 23.8 Å². The number of halogens is 1. The molecule has 4 aromatic carbocycles. The van der Waals surface area contributed by atoms with Gasteiger partial charge in [0.05, 0.1) is 12.2 Å². The highest BCUT2D eigenvalue weighted by Gasteiger charge is 2.24. The third-order valence-corrected chi connectivity index (χ3v) is 5.75. The minimum Gasteiger partial charge on any atom is -0.490 e. The summed E-state index contributed by atoms with van der Waals surface area (Å²) in [4.78, 5) is 29.7. The Bertz CT molecular complexity index is 1530. The summed E-state index contributed by atoms with van der Waals surface area (Å²) in [5.41, 5.74) is 1.88. The number of benzene rings is 4. The van der Waals surface area contributed by atoms with Crippen LogP contribution in [0.15, 0.2) is 95.6 Å². The molecular formula is C29H20ClNO5. The number of cyclic esters (lactones) is 1. The van der Waals surface area contributed by atoms with E-state index in [9.17, 15) is 9.59 Å². The lowest BCUT2D eigenvalue weighted by Gasteiger charge is -2.12. The number of hydrogen-bond donors (Lipinski definition) is 0. The van der Waals surface area contributed by atoms with Gasteiger partial charge in [-0.2, -0.15) is 0 Å². The van der Waals surface area contributed by atoms with Gasteiger partial charge in [0.25, 0.3) is 0 Å². The number of hydrogen-bond acceptors (Lipinski definition) is 6.